The van der Waals surface area contributed by atoms with Crippen molar-refractivity contribution in [3.8, 4) is 0 Å². The van der Waals surface area contributed by atoms with Crippen molar-refractivity contribution >= 4 is 57.8 Å². The van der Waals surface area contributed by atoms with Crippen LogP contribution in [0, 0.1) is 0 Å². The van der Waals surface area contributed by atoms with E-state index in [1.54, 1.807) is 4.90 Å². The SMILES string of the molecule is Nc1nc(/C(=N\O)C([O-])=N[C@@H]2C(=O)N3C(C(=O)O)=C(/C=C\COC(=O)N4CCCC4)CS[C@H]23)cs1.[Na+]. The number of thioether (sulfide) groups is 1. The molecular formula is C20H21N6NaO7S2. The second-order valence-electron chi connectivity index (χ2n) is 7.66. The predicted molar refractivity (Wildman–Crippen MR) is 125 cm³/mol. The van der Waals surface area contributed by atoms with E-state index in [4.69, 9.17) is 10.5 Å². The first-order valence-electron chi connectivity index (χ1n) is 10.5. The van der Waals surface area contributed by atoms with Crippen molar-refractivity contribution in [2.45, 2.75) is 24.3 Å². The summed E-state index contributed by atoms with van der Waals surface area (Å²) in [4.78, 5) is 47.0. The average molecular weight is 545 g/mol. The molecule has 3 aliphatic rings. The van der Waals surface area contributed by atoms with Crippen LogP contribution in [0.3, 0.4) is 0 Å². The zero-order chi connectivity index (χ0) is 25.1. The molecule has 0 spiro atoms. The fourth-order valence-electron chi connectivity index (χ4n) is 3.82. The molecule has 0 aliphatic carbocycles. The summed E-state index contributed by atoms with van der Waals surface area (Å²) < 4.78 is 5.17. The maximum absolute atomic E-state index is 12.7. The van der Waals surface area contributed by atoms with Crippen LogP contribution in [0.4, 0.5) is 9.93 Å². The van der Waals surface area contributed by atoms with Gasteiger partial charge in [0, 0.05) is 30.1 Å². The molecular weight excluding hydrogens is 523 g/mol. The number of aromatic nitrogens is 1. The normalized spacial score (nSPS) is 22.4. The van der Waals surface area contributed by atoms with Gasteiger partial charge in [0.25, 0.3) is 5.91 Å². The second-order valence-corrected chi connectivity index (χ2v) is 9.66. The first-order chi connectivity index (χ1) is 16.8. The fraction of sp³-hybridized carbons (Fsp3) is 0.400. The molecule has 1 aromatic rings. The number of ether oxygens (including phenoxy) is 1. The number of anilines is 1. The number of aliphatic carboxylic acids is 1. The number of allylic oxidation sites excluding steroid dienone is 1. The molecule has 2 saturated heterocycles. The molecule has 16 heteroatoms. The number of β-lactam (4-membered cyclic amide) rings is 1. The monoisotopic (exact) mass is 544 g/mol. The average Bonchev–Trinajstić information content (AvgIpc) is 3.52. The predicted octanol–water partition coefficient (Wildman–Crippen LogP) is -2.92. The van der Waals surface area contributed by atoms with Gasteiger partial charge in [-0.05, 0) is 24.5 Å². The van der Waals surface area contributed by atoms with Crippen LogP contribution in [-0.4, -0.2) is 91.5 Å². The number of aliphatic imine (C=N–C) groups is 1. The maximum atomic E-state index is 12.7. The first kappa shape index (κ1) is 28.0. The van der Waals surface area contributed by atoms with Gasteiger partial charge in [-0.1, -0.05) is 11.2 Å². The molecule has 186 valence electrons. The smallest absolute Gasteiger partial charge is 0.857 e. The van der Waals surface area contributed by atoms with Crippen LogP contribution in [-0.2, 0) is 14.3 Å². The van der Waals surface area contributed by atoms with Gasteiger partial charge in [-0.25, -0.2) is 14.6 Å². The van der Waals surface area contributed by atoms with Crippen molar-refractivity contribution in [3.05, 3.63) is 34.5 Å². The van der Waals surface area contributed by atoms with Gasteiger partial charge in [0.1, 0.15) is 29.1 Å². The van der Waals surface area contributed by atoms with E-state index >= 15 is 0 Å². The molecule has 1 aromatic heterocycles. The number of hydrogen-bond acceptors (Lipinski definition) is 12. The summed E-state index contributed by atoms with van der Waals surface area (Å²) >= 11 is 2.27. The van der Waals surface area contributed by atoms with E-state index in [1.165, 1.54) is 29.3 Å². The van der Waals surface area contributed by atoms with Crippen LogP contribution >= 0.6 is 23.1 Å². The number of nitrogens with two attached hydrogens (primary N) is 1. The molecule has 2 atom stereocenters. The minimum atomic E-state index is -1.31. The molecule has 4 heterocycles. The number of nitrogens with zero attached hydrogens (tertiary/aromatic N) is 5. The molecule has 13 nitrogen and oxygen atoms in total. The Morgan fingerprint density at radius 3 is 2.69 bits per heavy atom. The number of rotatable bonds is 7. The van der Waals surface area contributed by atoms with Gasteiger partial charge in [-0.15, -0.1) is 23.1 Å². The zero-order valence-electron chi connectivity index (χ0n) is 19.2. The molecule has 2 fully saturated rings. The van der Waals surface area contributed by atoms with Crippen molar-refractivity contribution in [2.75, 3.05) is 31.2 Å². The van der Waals surface area contributed by atoms with Gasteiger partial charge >= 0.3 is 41.6 Å². The van der Waals surface area contributed by atoms with E-state index < -0.39 is 41.0 Å². The van der Waals surface area contributed by atoms with E-state index in [1.807, 2.05) is 0 Å². The second kappa shape index (κ2) is 12.1. The Morgan fingerprint density at radius 2 is 2.08 bits per heavy atom. The number of nitrogen functional groups attached to an aromatic ring is 1. The van der Waals surface area contributed by atoms with Crippen molar-refractivity contribution in [2.24, 2.45) is 10.1 Å². The van der Waals surface area contributed by atoms with Crippen molar-refractivity contribution < 1.29 is 64.1 Å². The van der Waals surface area contributed by atoms with E-state index in [-0.39, 0.29) is 58.4 Å². The summed E-state index contributed by atoms with van der Waals surface area (Å²) in [5.41, 5.74) is 5.24. The Bertz CT molecular complexity index is 1160. The Hall–Kier alpha value is -2.59. The van der Waals surface area contributed by atoms with E-state index in [9.17, 15) is 29.8 Å². The molecule has 0 bridgehead atoms. The molecule has 3 aliphatic heterocycles. The molecule has 36 heavy (non-hydrogen) atoms. The van der Waals surface area contributed by atoms with E-state index in [2.05, 4.69) is 15.1 Å². The van der Waals surface area contributed by atoms with E-state index in [0.29, 0.717) is 18.7 Å². The third-order valence-electron chi connectivity index (χ3n) is 5.48. The van der Waals surface area contributed by atoms with Crippen LogP contribution in [0.15, 0.2) is 39.0 Å². The minimum absolute atomic E-state index is 0. The summed E-state index contributed by atoms with van der Waals surface area (Å²) in [7, 11) is 0. The van der Waals surface area contributed by atoms with Crippen LogP contribution < -0.4 is 40.4 Å². The number of carbonyl (C=O) groups is 3. The van der Waals surface area contributed by atoms with Crippen LogP contribution in [0.1, 0.15) is 18.5 Å². The van der Waals surface area contributed by atoms with Crippen LogP contribution in [0.2, 0.25) is 0 Å². The number of carboxylic acid groups (broad SMARTS) is 1. The maximum Gasteiger partial charge on any atom is 1.00 e. The summed E-state index contributed by atoms with van der Waals surface area (Å²) in [6, 6.07) is -1.14. The Labute approximate surface area is 235 Å². The van der Waals surface area contributed by atoms with Crippen LogP contribution in [0.5, 0.6) is 0 Å². The van der Waals surface area contributed by atoms with Gasteiger partial charge in [0.2, 0.25) is 0 Å². The molecule has 4 N–H and O–H groups in total. The Morgan fingerprint density at radius 1 is 1.36 bits per heavy atom. The van der Waals surface area contributed by atoms with Crippen molar-refractivity contribution in [1.82, 2.24) is 14.8 Å². The number of likely N-dealkylation sites (tertiary alicyclic amines) is 1. The van der Waals surface area contributed by atoms with Gasteiger partial charge in [0.15, 0.2) is 11.2 Å². The molecule has 0 aromatic carbocycles. The number of fused-ring (bicyclic) bond motifs is 1. The number of thiazole rings is 1. The van der Waals surface area contributed by atoms with E-state index in [0.717, 1.165) is 29.1 Å². The fourth-order valence-corrected chi connectivity index (χ4v) is 5.67. The third kappa shape index (κ3) is 5.70. The summed E-state index contributed by atoms with van der Waals surface area (Å²) in [6.07, 6.45) is 4.49. The van der Waals surface area contributed by atoms with Gasteiger partial charge in [-0.2, -0.15) is 0 Å². The molecule has 0 radical (unpaired) electrons. The summed E-state index contributed by atoms with van der Waals surface area (Å²) in [6.45, 7) is 1.28. The Balaban J connectivity index is 0.00000361. The quantitative estimate of drug-likeness (QED) is 0.0799. The summed E-state index contributed by atoms with van der Waals surface area (Å²) in [5, 5.41) is 35.2. The Kier molecular flexibility index (Phi) is 9.41. The van der Waals surface area contributed by atoms with Gasteiger partial charge in [0.05, 0.1) is 0 Å². The topological polar surface area (TPSA) is 194 Å². The number of hydrogen-bond donors (Lipinski definition) is 3. The van der Waals surface area contributed by atoms with Crippen molar-refractivity contribution in [3.63, 3.8) is 0 Å². The number of carbonyl (C=O) groups excluding carboxylic acids is 2. The van der Waals surface area contributed by atoms with Gasteiger partial charge < -0.3 is 30.8 Å². The standard InChI is InChI=1S/C20H22N6O7S2.Na/c21-19-22-11(9-35-19)12(24-32)15(27)23-13-16(28)26-14(18(29)30)10(8-34-17(13)26)4-3-7-33-20(31)25-5-1-2-6-25;/h3-4,9,13,17,32H,1-2,5-8H2,(H2,21,22)(H,23,27)(H,29,30);/q;+1/p-1/b4-3-,24-12+;/t13-,17-;/m1./s1. The summed E-state index contributed by atoms with van der Waals surface area (Å²) in [5.74, 6) is -2.72. The van der Waals surface area contributed by atoms with Crippen molar-refractivity contribution in [1.29, 1.82) is 0 Å². The zero-order valence-corrected chi connectivity index (χ0v) is 22.8. The molecule has 2 amide bonds. The number of carboxylic acids is 1. The molecule has 0 unspecified atom stereocenters. The van der Waals surface area contributed by atoms with Gasteiger partial charge in [-0.3, -0.25) is 14.7 Å². The largest absolute Gasteiger partial charge is 1.00 e. The third-order valence-corrected chi connectivity index (χ3v) is 7.44. The number of amides is 2. The van der Waals surface area contributed by atoms with Crippen LogP contribution in [0.25, 0.3) is 0 Å². The molecule has 4 rings (SSSR count). The first-order valence-corrected chi connectivity index (χ1v) is 12.4. The number of oxime groups is 1. The molecule has 0 saturated carbocycles. The minimum Gasteiger partial charge on any atom is -0.857 e.